The van der Waals surface area contributed by atoms with Crippen molar-refractivity contribution in [3.05, 3.63) is 17.7 Å². The molecule has 0 aromatic heterocycles. The van der Waals surface area contributed by atoms with Gasteiger partial charge >= 0.3 is 0 Å². The summed E-state index contributed by atoms with van der Waals surface area (Å²) in [7, 11) is 4.87. The molecule has 0 radical (unpaired) electrons. The molecule has 0 aliphatic heterocycles. The highest BCUT2D eigenvalue weighted by Gasteiger charge is 2.26. The van der Waals surface area contributed by atoms with E-state index < -0.39 is 0 Å². The van der Waals surface area contributed by atoms with Crippen molar-refractivity contribution < 1.29 is 14.2 Å². The predicted octanol–water partition coefficient (Wildman–Crippen LogP) is 5.21. The molecule has 0 saturated heterocycles. The van der Waals surface area contributed by atoms with E-state index in [2.05, 4.69) is 13.8 Å². The Hall–Kier alpha value is -1.09. The molecule has 0 aliphatic carbocycles. The van der Waals surface area contributed by atoms with Gasteiger partial charge in [-0.2, -0.15) is 0 Å². The number of hydrogen-bond donors (Lipinski definition) is 0. The van der Waals surface area contributed by atoms with E-state index in [1.807, 2.05) is 12.1 Å². The molecule has 0 fully saturated rings. The number of benzene rings is 1. The second-order valence-corrected chi connectivity index (χ2v) is 5.61. The first kappa shape index (κ1) is 18.0. The molecule has 1 aromatic carbocycles. The van der Waals surface area contributed by atoms with Crippen LogP contribution in [0.5, 0.6) is 17.2 Å². The Morgan fingerprint density at radius 2 is 1.67 bits per heavy atom. The lowest BCUT2D eigenvalue weighted by molar-refractivity contribution is 0.319. The molecule has 0 spiro atoms. The van der Waals surface area contributed by atoms with Gasteiger partial charge in [-0.1, -0.05) is 33.1 Å². The number of halogens is 1. The van der Waals surface area contributed by atoms with E-state index in [9.17, 15) is 0 Å². The molecule has 4 heteroatoms. The minimum atomic E-state index is -0.0868. The van der Waals surface area contributed by atoms with Crippen LogP contribution in [0.2, 0.25) is 0 Å². The number of unbranched alkanes of at least 4 members (excludes halogenated alkanes) is 1. The SMILES string of the molecule is CCCCC(CC)C(Cl)c1ccc(OC)c(OC)c1OC. The second kappa shape index (κ2) is 9.04. The number of rotatable bonds is 9. The fourth-order valence-corrected chi connectivity index (χ4v) is 3.10. The molecule has 0 aliphatic rings. The molecule has 1 aromatic rings. The van der Waals surface area contributed by atoms with Crippen LogP contribution in [-0.4, -0.2) is 21.3 Å². The molecule has 0 amide bonds. The third-order valence-corrected chi connectivity index (χ3v) is 4.49. The number of methoxy groups -OCH3 is 3. The first-order chi connectivity index (χ1) is 10.1. The minimum Gasteiger partial charge on any atom is -0.493 e. The first-order valence-electron chi connectivity index (χ1n) is 7.57. The van der Waals surface area contributed by atoms with Gasteiger partial charge in [0.25, 0.3) is 0 Å². The molecule has 1 rings (SSSR count). The van der Waals surface area contributed by atoms with Crippen molar-refractivity contribution in [1.29, 1.82) is 0 Å². The zero-order valence-electron chi connectivity index (χ0n) is 13.7. The van der Waals surface area contributed by atoms with Crippen LogP contribution < -0.4 is 14.2 Å². The average Bonchev–Trinajstić information content (AvgIpc) is 2.53. The largest absolute Gasteiger partial charge is 0.493 e. The summed E-state index contributed by atoms with van der Waals surface area (Å²) in [6, 6.07) is 3.87. The van der Waals surface area contributed by atoms with Crippen molar-refractivity contribution in [3.63, 3.8) is 0 Å². The Balaban J connectivity index is 3.15. The predicted molar refractivity (Wildman–Crippen MR) is 88.0 cm³/mol. The molecule has 2 unspecified atom stereocenters. The Labute approximate surface area is 133 Å². The zero-order valence-corrected chi connectivity index (χ0v) is 14.5. The van der Waals surface area contributed by atoms with Crippen molar-refractivity contribution in [3.8, 4) is 17.2 Å². The lowest BCUT2D eigenvalue weighted by Crippen LogP contribution is -2.09. The van der Waals surface area contributed by atoms with Crippen molar-refractivity contribution in [2.24, 2.45) is 5.92 Å². The lowest BCUT2D eigenvalue weighted by Gasteiger charge is -2.24. The van der Waals surface area contributed by atoms with Gasteiger partial charge in [0, 0.05) is 5.56 Å². The monoisotopic (exact) mass is 314 g/mol. The van der Waals surface area contributed by atoms with Gasteiger partial charge in [0.2, 0.25) is 5.75 Å². The van der Waals surface area contributed by atoms with Crippen LogP contribution in [0.15, 0.2) is 12.1 Å². The summed E-state index contributed by atoms with van der Waals surface area (Å²) < 4.78 is 16.3. The van der Waals surface area contributed by atoms with Gasteiger partial charge < -0.3 is 14.2 Å². The van der Waals surface area contributed by atoms with Crippen LogP contribution in [-0.2, 0) is 0 Å². The van der Waals surface area contributed by atoms with Gasteiger partial charge in [0.15, 0.2) is 11.5 Å². The van der Waals surface area contributed by atoms with Crippen LogP contribution in [0.3, 0.4) is 0 Å². The molecule has 2 atom stereocenters. The summed E-state index contributed by atoms with van der Waals surface area (Å²) in [5.74, 6) is 2.36. The van der Waals surface area contributed by atoms with Gasteiger partial charge in [0.1, 0.15) is 0 Å². The summed E-state index contributed by atoms with van der Waals surface area (Å²) in [6.07, 6.45) is 4.55. The van der Waals surface area contributed by atoms with Crippen molar-refractivity contribution in [2.75, 3.05) is 21.3 Å². The summed E-state index contributed by atoms with van der Waals surface area (Å²) >= 11 is 6.74. The average molecular weight is 315 g/mol. The van der Waals surface area contributed by atoms with E-state index >= 15 is 0 Å². The molecular formula is C17H27ClO3. The first-order valence-corrected chi connectivity index (χ1v) is 8.01. The fourth-order valence-electron chi connectivity index (χ4n) is 2.62. The van der Waals surface area contributed by atoms with Gasteiger partial charge in [0.05, 0.1) is 26.7 Å². The van der Waals surface area contributed by atoms with Gasteiger partial charge in [-0.05, 0) is 24.5 Å². The fraction of sp³-hybridized carbons (Fsp3) is 0.647. The molecule has 3 nitrogen and oxygen atoms in total. The Kier molecular flexibility index (Phi) is 7.73. The summed E-state index contributed by atoms with van der Waals surface area (Å²) in [5, 5.41) is -0.0868. The maximum atomic E-state index is 6.74. The van der Waals surface area contributed by atoms with Crippen LogP contribution >= 0.6 is 11.6 Å². The Bertz CT molecular complexity index is 434. The maximum Gasteiger partial charge on any atom is 0.203 e. The highest BCUT2D eigenvalue weighted by atomic mass is 35.5. The molecule has 120 valence electrons. The minimum absolute atomic E-state index is 0.0868. The molecule has 0 bridgehead atoms. The smallest absolute Gasteiger partial charge is 0.203 e. The number of ether oxygens (including phenoxy) is 3. The topological polar surface area (TPSA) is 27.7 Å². The van der Waals surface area contributed by atoms with Crippen molar-refractivity contribution in [1.82, 2.24) is 0 Å². The second-order valence-electron chi connectivity index (χ2n) is 5.14. The summed E-state index contributed by atoms with van der Waals surface area (Å²) in [5.41, 5.74) is 0.972. The molecule has 0 heterocycles. The quantitative estimate of drug-likeness (QED) is 0.586. The number of alkyl halides is 1. The Morgan fingerprint density at radius 1 is 1.00 bits per heavy atom. The van der Waals surface area contributed by atoms with E-state index in [1.54, 1.807) is 21.3 Å². The van der Waals surface area contributed by atoms with Crippen LogP contribution in [0.25, 0.3) is 0 Å². The summed E-state index contributed by atoms with van der Waals surface area (Å²) in [6.45, 7) is 4.38. The highest BCUT2D eigenvalue weighted by molar-refractivity contribution is 6.21. The highest BCUT2D eigenvalue weighted by Crippen LogP contribution is 2.46. The van der Waals surface area contributed by atoms with Crippen molar-refractivity contribution >= 4 is 11.6 Å². The van der Waals surface area contributed by atoms with Gasteiger partial charge in [-0.3, -0.25) is 0 Å². The standard InChI is InChI=1S/C17H27ClO3/c1-6-8-9-12(7-2)15(18)13-10-11-14(19-3)17(21-5)16(13)20-4/h10-12,15H,6-9H2,1-5H3. The molecule has 0 N–H and O–H groups in total. The number of hydrogen-bond acceptors (Lipinski definition) is 3. The molecule has 0 saturated carbocycles. The van der Waals surface area contributed by atoms with Crippen molar-refractivity contribution in [2.45, 2.75) is 44.9 Å². The van der Waals surface area contributed by atoms with Crippen LogP contribution in [0, 0.1) is 5.92 Å². The van der Waals surface area contributed by atoms with Gasteiger partial charge in [-0.25, -0.2) is 0 Å². The zero-order chi connectivity index (χ0) is 15.8. The van der Waals surface area contributed by atoms with E-state index in [0.717, 1.165) is 18.4 Å². The molecule has 21 heavy (non-hydrogen) atoms. The van der Waals surface area contributed by atoms with Crippen LogP contribution in [0.1, 0.15) is 50.5 Å². The van der Waals surface area contributed by atoms with Crippen LogP contribution in [0.4, 0.5) is 0 Å². The van der Waals surface area contributed by atoms with E-state index in [0.29, 0.717) is 23.2 Å². The maximum absolute atomic E-state index is 6.74. The summed E-state index contributed by atoms with van der Waals surface area (Å²) in [4.78, 5) is 0. The lowest BCUT2D eigenvalue weighted by atomic mass is 9.90. The third kappa shape index (κ3) is 4.19. The Morgan fingerprint density at radius 3 is 2.14 bits per heavy atom. The van der Waals surface area contributed by atoms with E-state index in [-0.39, 0.29) is 5.38 Å². The third-order valence-electron chi connectivity index (χ3n) is 3.90. The van der Waals surface area contributed by atoms with Gasteiger partial charge in [-0.15, -0.1) is 11.6 Å². The van der Waals surface area contributed by atoms with E-state index in [4.69, 9.17) is 25.8 Å². The normalized spacial score (nSPS) is 13.6. The van der Waals surface area contributed by atoms with E-state index in [1.165, 1.54) is 12.8 Å². The molecular weight excluding hydrogens is 288 g/mol.